The first-order chi connectivity index (χ1) is 28.8. The molecule has 0 N–H and O–H groups in total. The molecule has 8 aromatic carbocycles. The number of para-hydroxylation sites is 5. The van der Waals surface area contributed by atoms with Gasteiger partial charge >= 0.3 is 0 Å². The molecule has 0 saturated carbocycles. The Morgan fingerprint density at radius 1 is 0.345 bits per heavy atom. The molecule has 0 aliphatic rings. The zero-order valence-electron chi connectivity index (χ0n) is 31.5. The molecule has 0 saturated heterocycles. The zero-order chi connectivity index (χ0) is 38.4. The highest BCUT2D eigenvalue weighted by atomic mass is 16.3. The van der Waals surface area contributed by atoms with E-state index in [-0.39, 0.29) is 0 Å². The monoisotopic (exact) mass is 744 g/mol. The maximum atomic E-state index is 6.29. The van der Waals surface area contributed by atoms with Crippen molar-refractivity contribution in [3.8, 4) is 16.9 Å². The van der Waals surface area contributed by atoms with Crippen LogP contribution in [-0.4, -0.2) is 9.55 Å². The maximum absolute atomic E-state index is 6.29. The highest BCUT2D eigenvalue weighted by Gasteiger charge is 2.21. The van der Waals surface area contributed by atoms with Crippen molar-refractivity contribution < 1.29 is 4.42 Å². The number of nitrogens with zero attached hydrogens (tertiary/aromatic N) is 4. The van der Waals surface area contributed by atoms with Gasteiger partial charge in [-0.25, -0.2) is 4.98 Å². The van der Waals surface area contributed by atoms with Crippen molar-refractivity contribution in [2.75, 3.05) is 9.80 Å². The van der Waals surface area contributed by atoms with Crippen LogP contribution in [0, 0.1) is 0 Å². The summed E-state index contributed by atoms with van der Waals surface area (Å²) in [6.07, 6.45) is 1.91. The molecule has 0 aliphatic heterocycles. The Hall–Kier alpha value is -7.89. The molecule has 0 spiro atoms. The van der Waals surface area contributed by atoms with Crippen molar-refractivity contribution in [1.82, 2.24) is 9.55 Å². The summed E-state index contributed by atoms with van der Waals surface area (Å²) >= 11 is 0. The predicted octanol–water partition coefficient (Wildman–Crippen LogP) is 14.7. The lowest BCUT2D eigenvalue weighted by Crippen LogP contribution is -2.09. The molecular formula is C53H36N4O. The van der Waals surface area contributed by atoms with Gasteiger partial charge in [-0.1, -0.05) is 97.1 Å². The molecule has 3 heterocycles. The number of hydrogen-bond donors (Lipinski definition) is 0. The van der Waals surface area contributed by atoms with Crippen LogP contribution in [0.5, 0.6) is 0 Å². The number of furan rings is 1. The molecule has 11 rings (SSSR count). The largest absolute Gasteiger partial charge is 0.456 e. The molecule has 0 bridgehead atoms. The van der Waals surface area contributed by atoms with E-state index in [4.69, 9.17) is 9.40 Å². The summed E-state index contributed by atoms with van der Waals surface area (Å²) in [4.78, 5) is 9.67. The van der Waals surface area contributed by atoms with E-state index in [9.17, 15) is 0 Å². The van der Waals surface area contributed by atoms with Gasteiger partial charge in [0, 0.05) is 61.9 Å². The van der Waals surface area contributed by atoms with Crippen LogP contribution < -0.4 is 9.80 Å². The minimum Gasteiger partial charge on any atom is -0.456 e. The van der Waals surface area contributed by atoms with E-state index in [2.05, 4.69) is 215 Å². The third kappa shape index (κ3) is 5.76. The van der Waals surface area contributed by atoms with Crippen LogP contribution >= 0.6 is 0 Å². The molecule has 0 fully saturated rings. The Labute approximate surface area is 335 Å². The number of fused-ring (bicyclic) bond motifs is 6. The summed E-state index contributed by atoms with van der Waals surface area (Å²) in [6.45, 7) is 0. The van der Waals surface area contributed by atoms with Crippen LogP contribution in [0.25, 0.3) is 60.7 Å². The van der Waals surface area contributed by atoms with Crippen LogP contribution in [0.3, 0.4) is 0 Å². The minimum atomic E-state index is 0.841. The lowest BCUT2D eigenvalue weighted by Gasteiger charge is -2.26. The second-order valence-electron chi connectivity index (χ2n) is 14.5. The molecule has 58 heavy (non-hydrogen) atoms. The lowest BCUT2D eigenvalue weighted by molar-refractivity contribution is 0.669. The average molecular weight is 745 g/mol. The summed E-state index contributed by atoms with van der Waals surface area (Å²) in [5, 5.41) is 4.49. The summed E-state index contributed by atoms with van der Waals surface area (Å²) in [5.74, 6) is 0.841. The lowest BCUT2D eigenvalue weighted by atomic mass is 10.0. The summed E-state index contributed by atoms with van der Waals surface area (Å²) < 4.78 is 8.59. The number of pyridine rings is 1. The Kier molecular flexibility index (Phi) is 8.07. The molecule has 274 valence electrons. The topological polar surface area (TPSA) is 37.4 Å². The fourth-order valence-corrected chi connectivity index (χ4v) is 8.35. The van der Waals surface area contributed by atoms with Crippen LogP contribution in [0.15, 0.2) is 223 Å². The third-order valence-corrected chi connectivity index (χ3v) is 11.0. The van der Waals surface area contributed by atoms with Crippen LogP contribution in [0.4, 0.5) is 34.1 Å². The fraction of sp³-hybridized carbons (Fsp3) is 0. The highest BCUT2D eigenvalue weighted by Crippen LogP contribution is 2.43. The van der Waals surface area contributed by atoms with Gasteiger partial charge in [0.2, 0.25) is 0 Å². The first kappa shape index (κ1) is 33.4. The van der Waals surface area contributed by atoms with Crippen LogP contribution in [0.2, 0.25) is 0 Å². The molecule has 0 radical (unpaired) electrons. The SMILES string of the molecule is c1ccc(N(c2ccccc2)c2ccc3c(c2)c2cc(N(c4ccccc4)c4ccccc4)ccc2n3-c2cc(-c3ccc4c(c3)oc3ccccc34)ccn2)cc1. The van der Waals surface area contributed by atoms with Crippen molar-refractivity contribution in [1.29, 1.82) is 0 Å². The average Bonchev–Trinajstić information content (AvgIpc) is 3.83. The van der Waals surface area contributed by atoms with Crippen molar-refractivity contribution in [3.63, 3.8) is 0 Å². The molecule has 0 aliphatic carbocycles. The van der Waals surface area contributed by atoms with E-state index in [1.54, 1.807) is 0 Å². The van der Waals surface area contributed by atoms with Gasteiger partial charge in [-0.05, 0) is 126 Å². The van der Waals surface area contributed by atoms with Crippen LogP contribution in [-0.2, 0) is 0 Å². The van der Waals surface area contributed by atoms with Gasteiger partial charge in [-0.3, -0.25) is 4.57 Å². The number of aromatic nitrogens is 2. The molecule has 0 atom stereocenters. The van der Waals surface area contributed by atoms with Gasteiger partial charge in [0.25, 0.3) is 0 Å². The second-order valence-corrected chi connectivity index (χ2v) is 14.5. The molecular weight excluding hydrogens is 709 g/mol. The van der Waals surface area contributed by atoms with Gasteiger partial charge in [0.15, 0.2) is 0 Å². The molecule has 11 aromatic rings. The quantitative estimate of drug-likeness (QED) is 0.155. The minimum absolute atomic E-state index is 0.841. The maximum Gasteiger partial charge on any atom is 0.138 e. The van der Waals surface area contributed by atoms with Crippen LogP contribution in [0.1, 0.15) is 0 Å². The van der Waals surface area contributed by atoms with Crippen molar-refractivity contribution in [2.24, 2.45) is 0 Å². The van der Waals surface area contributed by atoms with Gasteiger partial charge in [-0.2, -0.15) is 0 Å². The van der Waals surface area contributed by atoms with Gasteiger partial charge in [-0.15, -0.1) is 0 Å². The smallest absolute Gasteiger partial charge is 0.138 e. The van der Waals surface area contributed by atoms with Crippen molar-refractivity contribution >= 4 is 77.9 Å². The van der Waals surface area contributed by atoms with E-state index < -0.39 is 0 Å². The molecule has 0 amide bonds. The number of benzene rings is 8. The summed E-state index contributed by atoms with van der Waals surface area (Å²) in [6, 6.07) is 74.8. The standard InChI is InChI=1S/C53H36N4O/c1-5-15-39(16-6-1)55(40-17-7-2-8-18-40)43-26-29-49-47(35-43)48-36-44(56(41-19-9-3-10-20-41)42-21-11-4-12-22-42)27-30-50(48)57(49)53-34-38(31-32-54-53)37-25-28-46-45-23-13-14-24-51(45)58-52(46)33-37/h1-36H. The number of rotatable bonds is 8. The summed E-state index contributed by atoms with van der Waals surface area (Å²) in [5.41, 5.74) is 12.5. The molecule has 3 aromatic heterocycles. The van der Waals surface area contributed by atoms with E-state index >= 15 is 0 Å². The predicted molar refractivity (Wildman–Crippen MR) is 241 cm³/mol. The molecule has 5 nitrogen and oxygen atoms in total. The summed E-state index contributed by atoms with van der Waals surface area (Å²) in [7, 11) is 0. The van der Waals surface area contributed by atoms with Gasteiger partial charge < -0.3 is 14.2 Å². The number of hydrogen-bond acceptors (Lipinski definition) is 4. The normalized spacial score (nSPS) is 11.4. The Morgan fingerprint density at radius 2 is 0.810 bits per heavy atom. The first-order valence-electron chi connectivity index (χ1n) is 19.5. The molecule has 5 heteroatoms. The van der Waals surface area contributed by atoms with Crippen molar-refractivity contribution in [2.45, 2.75) is 0 Å². The van der Waals surface area contributed by atoms with Gasteiger partial charge in [0.1, 0.15) is 17.0 Å². The Bertz CT molecular complexity index is 3010. The Balaban J connectivity index is 1.13. The number of anilines is 6. The molecule has 0 unspecified atom stereocenters. The van der Waals surface area contributed by atoms with Gasteiger partial charge in [0.05, 0.1) is 11.0 Å². The second kappa shape index (κ2) is 14.0. The highest BCUT2D eigenvalue weighted by molar-refractivity contribution is 6.12. The fourth-order valence-electron chi connectivity index (χ4n) is 8.35. The van der Waals surface area contributed by atoms with Crippen molar-refractivity contribution in [3.05, 3.63) is 219 Å². The van der Waals surface area contributed by atoms with E-state index in [1.165, 1.54) is 0 Å². The van der Waals surface area contributed by atoms with E-state index in [0.29, 0.717) is 0 Å². The third-order valence-electron chi connectivity index (χ3n) is 11.0. The van der Waals surface area contributed by atoms with E-state index in [1.807, 2.05) is 18.3 Å². The van der Waals surface area contributed by atoms with E-state index in [0.717, 1.165) is 94.8 Å². The Morgan fingerprint density at radius 3 is 1.34 bits per heavy atom. The first-order valence-corrected chi connectivity index (χ1v) is 19.5. The zero-order valence-corrected chi connectivity index (χ0v) is 31.5.